The van der Waals surface area contributed by atoms with Crippen LogP contribution in [0.15, 0.2) is 13.2 Å². The second kappa shape index (κ2) is 22.4. The number of nitrogens with one attached hydrogen (secondary N) is 1. The van der Waals surface area contributed by atoms with E-state index in [9.17, 15) is 4.39 Å². The lowest BCUT2D eigenvalue weighted by molar-refractivity contribution is -0.158. The summed E-state index contributed by atoms with van der Waals surface area (Å²) in [6, 6.07) is 0.780. The first-order chi connectivity index (χ1) is 22.0. The minimum Gasteiger partial charge on any atom is -0.314 e. The molecule has 4 fully saturated rings. The van der Waals surface area contributed by atoms with Crippen LogP contribution in [-0.4, -0.2) is 19.3 Å². The molecule has 9 atom stereocenters. The summed E-state index contributed by atoms with van der Waals surface area (Å²) in [4.78, 5) is 0. The van der Waals surface area contributed by atoms with E-state index in [2.05, 4.69) is 80.8 Å². The fourth-order valence-corrected chi connectivity index (χ4v) is 11.0. The topological polar surface area (TPSA) is 12.0 Å². The van der Waals surface area contributed by atoms with Gasteiger partial charge in [0.15, 0.2) is 0 Å². The van der Waals surface area contributed by atoms with E-state index < -0.39 is 0 Å². The summed E-state index contributed by atoms with van der Waals surface area (Å²) in [6.45, 7) is 31.5. The van der Waals surface area contributed by atoms with Gasteiger partial charge in [-0.05, 0) is 129 Å². The standard InChI is InChI=1S/C32H59N.C6H14.C4H9F.C2H4/c1-8-9-21-33-25-15-20-32(7)29-17-19-31(6)27(24(4)12-10-11-23(2)3)13-14-28(31)26(29)16-18-30(32,5)22-25;1-3-5-6-4-2;1-2-3-4-5;1-2/h23-29,33H,8-22H2,1-7H3;3-6H2,1-2H3;2-4H2,1H3;1-2H2/t24?,25?,26?,27?,28?,29?,30-,31?,32?;;;/m0.../s1. The molecule has 8 unspecified atom stereocenters. The van der Waals surface area contributed by atoms with Crippen molar-refractivity contribution < 1.29 is 4.39 Å². The molecule has 0 aromatic carbocycles. The summed E-state index contributed by atoms with van der Waals surface area (Å²) in [7, 11) is 0. The van der Waals surface area contributed by atoms with Crippen LogP contribution >= 0.6 is 0 Å². The fraction of sp³-hybridized carbons (Fsp3) is 0.955. The Morgan fingerprint density at radius 2 is 1.33 bits per heavy atom. The molecule has 0 bridgehead atoms. The van der Waals surface area contributed by atoms with Crippen LogP contribution in [0, 0.1) is 51.8 Å². The Morgan fingerprint density at radius 1 is 0.696 bits per heavy atom. The number of hydrogen-bond acceptors (Lipinski definition) is 1. The summed E-state index contributed by atoms with van der Waals surface area (Å²) >= 11 is 0. The molecule has 0 radical (unpaired) electrons. The van der Waals surface area contributed by atoms with Gasteiger partial charge in [0, 0.05) is 6.04 Å². The summed E-state index contributed by atoms with van der Waals surface area (Å²) in [6.07, 6.45) is 27.8. The van der Waals surface area contributed by atoms with Gasteiger partial charge < -0.3 is 5.32 Å². The van der Waals surface area contributed by atoms with Crippen molar-refractivity contribution in [2.45, 2.75) is 204 Å². The van der Waals surface area contributed by atoms with Crippen molar-refractivity contribution in [3.63, 3.8) is 0 Å². The molecular weight excluding hydrogens is 561 g/mol. The molecule has 0 amide bonds. The molecule has 2 heteroatoms. The molecule has 4 aliphatic carbocycles. The van der Waals surface area contributed by atoms with E-state index in [-0.39, 0.29) is 6.67 Å². The third-order valence-electron chi connectivity index (χ3n) is 14.0. The van der Waals surface area contributed by atoms with E-state index in [0.29, 0.717) is 16.2 Å². The Morgan fingerprint density at radius 3 is 1.87 bits per heavy atom. The predicted molar refractivity (Wildman–Crippen MR) is 206 cm³/mol. The number of hydrogen-bond donors (Lipinski definition) is 1. The predicted octanol–water partition coefficient (Wildman–Crippen LogP) is 14.4. The molecular formula is C44H86FN. The Kier molecular flexibility index (Phi) is 21.2. The highest BCUT2D eigenvalue weighted by atomic mass is 19.1. The highest BCUT2D eigenvalue weighted by Crippen LogP contribution is 2.71. The molecule has 1 N–H and O–H groups in total. The van der Waals surface area contributed by atoms with Gasteiger partial charge in [0.2, 0.25) is 0 Å². The monoisotopic (exact) mass is 648 g/mol. The van der Waals surface area contributed by atoms with Crippen LogP contribution in [0.2, 0.25) is 0 Å². The Bertz CT molecular complexity index is 759. The van der Waals surface area contributed by atoms with Crippen molar-refractivity contribution in [2.24, 2.45) is 51.8 Å². The van der Waals surface area contributed by atoms with Crippen LogP contribution in [-0.2, 0) is 0 Å². The number of rotatable bonds is 14. The van der Waals surface area contributed by atoms with E-state index in [0.717, 1.165) is 54.4 Å². The summed E-state index contributed by atoms with van der Waals surface area (Å²) < 4.78 is 11.0. The zero-order chi connectivity index (χ0) is 34.8. The van der Waals surface area contributed by atoms with Crippen molar-refractivity contribution in [1.82, 2.24) is 5.32 Å². The summed E-state index contributed by atoms with van der Waals surface area (Å²) in [5.74, 6) is 5.85. The molecule has 0 aromatic rings. The van der Waals surface area contributed by atoms with Crippen molar-refractivity contribution in [3.05, 3.63) is 13.2 Å². The second-order valence-corrected chi connectivity index (χ2v) is 17.4. The van der Waals surface area contributed by atoms with Gasteiger partial charge in [-0.3, -0.25) is 4.39 Å². The third kappa shape index (κ3) is 11.6. The Balaban J connectivity index is 0.000000693. The average molecular weight is 648 g/mol. The molecule has 46 heavy (non-hydrogen) atoms. The first-order valence-electron chi connectivity index (χ1n) is 20.8. The van der Waals surface area contributed by atoms with Crippen LogP contribution < -0.4 is 5.32 Å². The third-order valence-corrected chi connectivity index (χ3v) is 14.0. The number of fused-ring (bicyclic) bond motifs is 5. The Hall–Kier alpha value is -0.370. The minimum atomic E-state index is -0.156. The quantitative estimate of drug-likeness (QED) is 0.146. The molecule has 0 heterocycles. The zero-order valence-electron chi connectivity index (χ0n) is 33.4. The lowest BCUT2D eigenvalue weighted by Crippen LogP contribution is -2.59. The molecule has 1 nitrogen and oxygen atoms in total. The van der Waals surface area contributed by atoms with E-state index in [4.69, 9.17) is 0 Å². The number of halogens is 1. The Labute approximate surface area is 290 Å². The first kappa shape index (κ1) is 43.7. The summed E-state index contributed by atoms with van der Waals surface area (Å²) in [5, 5.41) is 3.95. The van der Waals surface area contributed by atoms with Crippen LogP contribution in [0.1, 0.15) is 198 Å². The lowest BCUT2D eigenvalue weighted by atomic mass is 9.40. The molecule has 0 spiro atoms. The number of alkyl halides is 1. The van der Waals surface area contributed by atoms with Crippen LogP contribution in [0.4, 0.5) is 4.39 Å². The maximum Gasteiger partial charge on any atom is 0.0894 e. The van der Waals surface area contributed by atoms with Gasteiger partial charge in [0.05, 0.1) is 6.67 Å². The van der Waals surface area contributed by atoms with Crippen LogP contribution in [0.25, 0.3) is 0 Å². The van der Waals surface area contributed by atoms with E-state index in [1.165, 1.54) is 116 Å². The van der Waals surface area contributed by atoms with Crippen LogP contribution in [0.5, 0.6) is 0 Å². The van der Waals surface area contributed by atoms with Gasteiger partial charge in [-0.15, -0.1) is 13.2 Å². The molecule has 4 saturated carbocycles. The van der Waals surface area contributed by atoms with Crippen molar-refractivity contribution in [1.29, 1.82) is 0 Å². The SMILES string of the molecule is C=C.CCCCCC.CCCCF.CCCCNC1CCC2(C)C3CCC4(C)C(C(C)CCCC(C)C)CCC4C3CC[C@@]2(C)C1. The molecule has 0 saturated heterocycles. The van der Waals surface area contributed by atoms with Gasteiger partial charge >= 0.3 is 0 Å². The molecule has 0 aromatic heterocycles. The van der Waals surface area contributed by atoms with E-state index in [1.54, 1.807) is 6.42 Å². The number of unbranched alkanes of at least 4 members (excludes halogenated alkanes) is 5. The zero-order valence-corrected chi connectivity index (χ0v) is 33.4. The maximum atomic E-state index is 11.0. The lowest BCUT2D eigenvalue weighted by Gasteiger charge is -2.65. The van der Waals surface area contributed by atoms with Gasteiger partial charge in [0.25, 0.3) is 0 Å². The van der Waals surface area contributed by atoms with E-state index >= 15 is 0 Å². The fourth-order valence-electron chi connectivity index (χ4n) is 11.0. The molecule has 274 valence electrons. The first-order valence-corrected chi connectivity index (χ1v) is 20.8. The van der Waals surface area contributed by atoms with Crippen LogP contribution in [0.3, 0.4) is 0 Å². The largest absolute Gasteiger partial charge is 0.314 e. The maximum absolute atomic E-state index is 11.0. The molecule has 4 rings (SSSR count). The van der Waals surface area contributed by atoms with E-state index in [1.807, 2.05) is 6.92 Å². The normalized spacial score (nSPS) is 35.2. The average Bonchev–Trinajstić information content (AvgIpc) is 3.40. The van der Waals surface area contributed by atoms with Gasteiger partial charge in [-0.2, -0.15) is 0 Å². The van der Waals surface area contributed by atoms with Crippen molar-refractivity contribution in [3.8, 4) is 0 Å². The smallest absolute Gasteiger partial charge is 0.0894 e. The molecule has 0 aliphatic heterocycles. The highest BCUT2D eigenvalue weighted by molar-refractivity contribution is 5.13. The highest BCUT2D eigenvalue weighted by Gasteiger charge is 2.63. The summed E-state index contributed by atoms with van der Waals surface area (Å²) in [5.41, 5.74) is 1.79. The van der Waals surface area contributed by atoms with Gasteiger partial charge in [-0.1, -0.05) is 127 Å². The molecule has 4 aliphatic rings. The van der Waals surface area contributed by atoms with Crippen molar-refractivity contribution in [2.75, 3.05) is 13.2 Å². The second-order valence-electron chi connectivity index (χ2n) is 17.4. The minimum absolute atomic E-state index is 0.156. The van der Waals surface area contributed by atoms with Crippen molar-refractivity contribution >= 4 is 0 Å². The van der Waals surface area contributed by atoms with Gasteiger partial charge in [0.1, 0.15) is 0 Å². The van der Waals surface area contributed by atoms with Gasteiger partial charge in [-0.25, -0.2) is 0 Å².